The molecule has 0 amide bonds. The van der Waals surface area contributed by atoms with Gasteiger partial charge >= 0.3 is 11.6 Å². The van der Waals surface area contributed by atoms with Crippen LogP contribution in [0.15, 0.2) is 69.9 Å². The van der Waals surface area contributed by atoms with Crippen LogP contribution in [0.5, 0.6) is 17.2 Å². The van der Waals surface area contributed by atoms with E-state index in [1.165, 1.54) is 0 Å². The van der Waals surface area contributed by atoms with Gasteiger partial charge in [-0.1, -0.05) is 43.3 Å². The lowest BCUT2D eigenvalue weighted by molar-refractivity contribution is 0.0729. The summed E-state index contributed by atoms with van der Waals surface area (Å²) in [6.45, 7) is 7.96. The Morgan fingerprint density at radius 3 is 2.44 bits per heavy atom. The molecule has 1 aromatic heterocycles. The van der Waals surface area contributed by atoms with Crippen molar-refractivity contribution in [1.29, 1.82) is 0 Å². The molecule has 3 rings (SSSR count). The fourth-order valence-corrected chi connectivity index (χ4v) is 3.05. The van der Waals surface area contributed by atoms with Gasteiger partial charge in [0.2, 0.25) is 5.75 Å². The zero-order chi connectivity index (χ0) is 23.1. The van der Waals surface area contributed by atoms with E-state index in [0.29, 0.717) is 23.1 Å². The molecule has 0 spiro atoms. The fourth-order valence-electron chi connectivity index (χ4n) is 3.05. The van der Waals surface area contributed by atoms with E-state index in [1.807, 2.05) is 39.8 Å². The summed E-state index contributed by atoms with van der Waals surface area (Å²) in [5.41, 5.74) is -0.664. The predicted molar refractivity (Wildman–Crippen MR) is 124 cm³/mol. The predicted octanol–water partition coefficient (Wildman–Crippen LogP) is 5.92. The molecule has 6 nitrogen and oxygen atoms in total. The molecule has 0 aliphatic heterocycles. The normalized spacial score (nSPS) is 11.6. The van der Waals surface area contributed by atoms with Gasteiger partial charge in [0.25, 0.3) is 0 Å². The number of carbonyl (C=O) groups excluding carboxylic acids is 1. The highest BCUT2D eigenvalue weighted by Gasteiger charge is 2.25. The van der Waals surface area contributed by atoms with Crippen molar-refractivity contribution < 1.29 is 23.4 Å². The third-order valence-electron chi connectivity index (χ3n) is 4.36. The van der Waals surface area contributed by atoms with Crippen LogP contribution in [0.25, 0.3) is 11.0 Å². The van der Waals surface area contributed by atoms with E-state index in [9.17, 15) is 9.59 Å². The summed E-state index contributed by atoms with van der Waals surface area (Å²) in [5, 5.41) is 0.366. The maximum atomic E-state index is 12.9. The first-order chi connectivity index (χ1) is 15.3. The Balaban J connectivity index is 2.12. The van der Waals surface area contributed by atoms with Crippen LogP contribution in [0.2, 0.25) is 0 Å². The summed E-state index contributed by atoms with van der Waals surface area (Å²) < 4.78 is 23.1. The van der Waals surface area contributed by atoms with E-state index in [4.69, 9.17) is 18.6 Å². The summed E-state index contributed by atoms with van der Waals surface area (Å²) in [7, 11) is 0. The van der Waals surface area contributed by atoms with Gasteiger partial charge in [-0.15, -0.1) is 0 Å². The standard InChI is InChI=1S/C26H28O6/c1-5-6-7-11-17-29-23-22(31-24(27)18-13-9-8-10-14-18)21-19(30-25(23)28)15-12-16-20(21)32-26(2,3)4/h6-10,12-16H,5,11,17H2,1-4H3/b7-6+. The minimum Gasteiger partial charge on any atom is -0.487 e. The zero-order valence-corrected chi connectivity index (χ0v) is 18.8. The number of hydrogen-bond donors (Lipinski definition) is 0. The molecule has 1 heterocycles. The van der Waals surface area contributed by atoms with E-state index in [-0.39, 0.29) is 23.7 Å². The third-order valence-corrected chi connectivity index (χ3v) is 4.36. The number of benzene rings is 2. The maximum Gasteiger partial charge on any atom is 0.383 e. The van der Waals surface area contributed by atoms with Crippen molar-refractivity contribution in [2.45, 2.75) is 46.1 Å². The second-order valence-electron chi connectivity index (χ2n) is 8.16. The Bertz CT molecular complexity index is 1150. The van der Waals surface area contributed by atoms with Gasteiger partial charge in [-0.2, -0.15) is 0 Å². The van der Waals surface area contributed by atoms with E-state index < -0.39 is 17.2 Å². The molecule has 2 aromatic carbocycles. The lowest BCUT2D eigenvalue weighted by Gasteiger charge is -2.23. The molecular weight excluding hydrogens is 408 g/mol. The second-order valence-corrected chi connectivity index (χ2v) is 8.16. The molecule has 6 heteroatoms. The summed E-state index contributed by atoms with van der Waals surface area (Å²) in [4.78, 5) is 25.6. The Hall–Kier alpha value is -3.54. The molecule has 0 aliphatic carbocycles. The average molecular weight is 437 g/mol. The Morgan fingerprint density at radius 2 is 1.75 bits per heavy atom. The minimum absolute atomic E-state index is 0.00979. The van der Waals surface area contributed by atoms with Gasteiger partial charge in [0.1, 0.15) is 22.3 Å². The van der Waals surface area contributed by atoms with Gasteiger partial charge in [-0.25, -0.2) is 9.59 Å². The highest BCUT2D eigenvalue weighted by molar-refractivity contribution is 5.97. The minimum atomic E-state index is -0.722. The Morgan fingerprint density at radius 1 is 1.00 bits per heavy atom. The number of allylic oxidation sites excluding steroid dienone is 1. The second kappa shape index (κ2) is 10.2. The van der Waals surface area contributed by atoms with Gasteiger partial charge in [-0.3, -0.25) is 0 Å². The highest BCUT2D eigenvalue weighted by atomic mass is 16.6. The van der Waals surface area contributed by atoms with Gasteiger partial charge in [0.15, 0.2) is 5.75 Å². The van der Waals surface area contributed by atoms with Gasteiger partial charge in [-0.05, 0) is 57.9 Å². The summed E-state index contributed by atoms with van der Waals surface area (Å²) in [6, 6.07) is 13.6. The van der Waals surface area contributed by atoms with Gasteiger partial charge in [0, 0.05) is 0 Å². The molecule has 0 N–H and O–H groups in total. The van der Waals surface area contributed by atoms with Crippen molar-refractivity contribution in [3.63, 3.8) is 0 Å². The van der Waals surface area contributed by atoms with E-state index in [1.54, 1.807) is 48.5 Å². The van der Waals surface area contributed by atoms with Crippen molar-refractivity contribution in [3.05, 3.63) is 76.7 Å². The first-order valence-corrected chi connectivity index (χ1v) is 10.6. The number of rotatable bonds is 8. The smallest absolute Gasteiger partial charge is 0.383 e. The molecular formula is C26H28O6. The largest absolute Gasteiger partial charge is 0.487 e. The van der Waals surface area contributed by atoms with Crippen molar-refractivity contribution in [1.82, 2.24) is 0 Å². The lowest BCUT2D eigenvalue weighted by atomic mass is 10.1. The highest BCUT2D eigenvalue weighted by Crippen LogP contribution is 2.40. The Labute approximate surface area is 187 Å². The van der Waals surface area contributed by atoms with Crippen molar-refractivity contribution in [3.8, 4) is 17.2 Å². The quantitative estimate of drug-likeness (QED) is 0.189. The molecule has 0 unspecified atom stereocenters. The summed E-state index contributed by atoms with van der Waals surface area (Å²) in [5.74, 6) is -0.356. The number of fused-ring (bicyclic) bond motifs is 1. The van der Waals surface area contributed by atoms with E-state index in [2.05, 4.69) is 0 Å². The first kappa shape index (κ1) is 23.1. The molecule has 0 saturated heterocycles. The first-order valence-electron chi connectivity index (χ1n) is 10.6. The SMILES string of the molecule is CC/C=C/CCOc1c(OC(=O)c2ccccc2)c2c(OC(C)(C)C)cccc2oc1=O. The Kier molecular flexibility index (Phi) is 7.36. The molecule has 32 heavy (non-hydrogen) atoms. The third kappa shape index (κ3) is 5.78. The molecule has 0 fully saturated rings. The molecule has 168 valence electrons. The van der Waals surface area contributed by atoms with Crippen LogP contribution in [0, 0.1) is 0 Å². The van der Waals surface area contributed by atoms with Crippen molar-refractivity contribution in [2.24, 2.45) is 0 Å². The lowest BCUT2D eigenvalue weighted by Crippen LogP contribution is -2.23. The molecule has 3 aromatic rings. The monoisotopic (exact) mass is 436 g/mol. The molecule has 0 saturated carbocycles. The van der Waals surface area contributed by atoms with Crippen LogP contribution in [-0.4, -0.2) is 18.2 Å². The van der Waals surface area contributed by atoms with Crippen LogP contribution in [0.3, 0.4) is 0 Å². The zero-order valence-electron chi connectivity index (χ0n) is 18.8. The molecule has 0 bridgehead atoms. The van der Waals surface area contributed by atoms with Crippen molar-refractivity contribution in [2.75, 3.05) is 6.61 Å². The van der Waals surface area contributed by atoms with Crippen LogP contribution in [-0.2, 0) is 0 Å². The average Bonchev–Trinajstić information content (AvgIpc) is 2.74. The maximum absolute atomic E-state index is 12.9. The van der Waals surface area contributed by atoms with E-state index in [0.717, 1.165) is 6.42 Å². The fraction of sp³-hybridized carbons (Fsp3) is 0.308. The van der Waals surface area contributed by atoms with Gasteiger partial charge in [0.05, 0.1) is 12.2 Å². The molecule has 0 aliphatic rings. The van der Waals surface area contributed by atoms with E-state index >= 15 is 0 Å². The molecule has 0 radical (unpaired) electrons. The summed E-state index contributed by atoms with van der Waals surface area (Å²) in [6.07, 6.45) is 5.48. The van der Waals surface area contributed by atoms with Crippen molar-refractivity contribution >= 4 is 16.9 Å². The topological polar surface area (TPSA) is 75.0 Å². The van der Waals surface area contributed by atoms with Crippen LogP contribution in [0.4, 0.5) is 0 Å². The van der Waals surface area contributed by atoms with Crippen LogP contribution in [0.1, 0.15) is 50.9 Å². The number of ether oxygens (including phenoxy) is 3. The summed E-state index contributed by atoms with van der Waals surface area (Å²) >= 11 is 0. The van der Waals surface area contributed by atoms with Gasteiger partial charge < -0.3 is 18.6 Å². The van der Waals surface area contributed by atoms with Crippen LogP contribution >= 0.6 is 0 Å². The molecule has 0 atom stereocenters. The number of hydrogen-bond acceptors (Lipinski definition) is 6. The number of carbonyl (C=O) groups is 1. The number of esters is 1. The van der Waals surface area contributed by atoms with Crippen LogP contribution < -0.4 is 19.8 Å².